The molecule has 4 nitrogen and oxygen atoms in total. The number of carbonyl (C=O) groups is 1. The van der Waals surface area contributed by atoms with Crippen LogP contribution in [-0.4, -0.2) is 27.6 Å². The third kappa shape index (κ3) is 4.81. The summed E-state index contributed by atoms with van der Waals surface area (Å²) in [5.41, 5.74) is -2.46. The number of hydrogen-bond acceptors (Lipinski definition) is 2. The van der Waals surface area contributed by atoms with E-state index in [4.69, 9.17) is 0 Å². The summed E-state index contributed by atoms with van der Waals surface area (Å²) in [6.45, 7) is -0.0523. The molecule has 0 N–H and O–H groups in total. The first-order chi connectivity index (χ1) is 13.9. The van der Waals surface area contributed by atoms with Crippen molar-refractivity contribution in [3.63, 3.8) is 0 Å². The molecule has 1 amide bonds. The highest BCUT2D eigenvalue weighted by Gasteiger charge is 2.37. The summed E-state index contributed by atoms with van der Waals surface area (Å²) in [5.74, 6) is -0.973. The first-order valence-corrected chi connectivity index (χ1v) is 8.59. The number of amides is 1. The molecular weight excluding hydrogens is 412 g/mol. The van der Waals surface area contributed by atoms with Gasteiger partial charge in [0.25, 0.3) is 5.91 Å². The number of hydrogen-bond donors (Lipinski definition) is 0. The van der Waals surface area contributed by atoms with Gasteiger partial charge in [-0.25, -0.2) is 4.68 Å². The summed E-state index contributed by atoms with van der Waals surface area (Å²) in [7, 11) is 1.29. The third-order valence-corrected chi connectivity index (χ3v) is 4.26. The minimum Gasteiger partial charge on any atom is -0.337 e. The third-order valence-electron chi connectivity index (χ3n) is 4.26. The van der Waals surface area contributed by atoms with Crippen LogP contribution < -0.4 is 0 Å². The predicted octanol–water partition coefficient (Wildman–Crippen LogP) is 5.18. The highest BCUT2D eigenvalue weighted by Crippen LogP contribution is 2.36. The fourth-order valence-electron chi connectivity index (χ4n) is 2.81. The lowest BCUT2D eigenvalue weighted by Gasteiger charge is -2.19. The molecule has 0 atom stereocenters. The Hall–Kier alpha value is -3.30. The molecule has 0 saturated heterocycles. The second-order valence-electron chi connectivity index (χ2n) is 6.58. The van der Waals surface area contributed by atoms with E-state index in [1.807, 2.05) is 6.07 Å². The Labute approximate surface area is 167 Å². The van der Waals surface area contributed by atoms with Crippen LogP contribution in [0.4, 0.5) is 26.3 Å². The van der Waals surface area contributed by atoms with Crippen molar-refractivity contribution in [2.75, 3.05) is 7.05 Å². The second kappa shape index (κ2) is 7.85. The minimum absolute atomic E-state index is 0.0132. The van der Waals surface area contributed by atoms with Gasteiger partial charge in [0, 0.05) is 30.9 Å². The molecule has 158 valence electrons. The van der Waals surface area contributed by atoms with Gasteiger partial charge in [0.2, 0.25) is 0 Å². The predicted molar refractivity (Wildman–Crippen MR) is 95.8 cm³/mol. The number of benzene rings is 2. The first-order valence-electron chi connectivity index (χ1n) is 8.59. The maximum Gasteiger partial charge on any atom is 0.416 e. The van der Waals surface area contributed by atoms with Crippen LogP contribution in [0.25, 0.3) is 5.69 Å². The van der Waals surface area contributed by atoms with E-state index in [2.05, 4.69) is 5.10 Å². The molecule has 30 heavy (non-hydrogen) atoms. The molecule has 10 heteroatoms. The summed E-state index contributed by atoms with van der Waals surface area (Å²) in [5, 5.41) is 4.15. The minimum atomic E-state index is -5.02. The van der Waals surface area contributed by atoms with E-state index < -0.39 is 35.0 Å². The summed E-state index contributed by atoms with van der Waals surface area (Å²) in [4.78, 5) is 13.6. The van der Waals surface area contributed by atoms with Crippen molar-refractivity contribution in [1.82, 2.24) is 14.7 Å². The molecule has 0 aliphatic heterocycles. The molecule has 0 saturated carbocycles. The van der Waals surface area contributed by atoms with Crippen LogP contribution in [0.15, 0.2) is 60.9 Å². The number of alkyl halides is 6. The molecular formula is C20H15F6N3O. The normalized spacial score (nSPS) is 12.1. The van der Waals surface area contributed by atoms with Crippen molar-refractivity contribution in [2.24, 2.45) is 0 Å². The summed E-state index contributed by atoms with van der Waals surface area (Å²) < 4.78 is 79.6. The number of rotatable bonds is 4. The van der Waals surface area contributed by atoms with Crippen LogP contribution in [0.3, 0.4) is 0 Å². The summed E-state index contributed by atoms with van der Waals surface area (Å²) >= 11 is 0. The van der Waals surface area contributed by atoms with Gasteiger partial charge in [0.1, 0.15) is 0 Å². The van der Waals surface area contributed by atoms with Gasteiger partial charge >= 0.3 is 12.4 Å². The molecule has 2 aromatic carbocycles. The Morgan fingerprint density at radius 1 is 0.967 bits per heavy atom. The van der Waals surface area contributed by atoms with Crippen LogP contribution in [0.1, 0.15) is 27.0 Å². The van der Waals surface area contributed by atoms with Gasteiger partial charge in [-0.15, -0.1) is 0 Å². The lowest BCUT2D eigenvalue weighted by molar-refractivity contribution is -0.143. The highest BCUT2D eigenvalue weighted by atomic mass is 19.4. The van der Waals surface area contributed by atoms with Crippen molar-refractivity contribution < 1.29 is 31.1 Å². The van der Waals surface area contributed by atoms with Crippen molar-refractivity contribution >= 4 is 5.91 Å². The molecule has 3 aromatic rings. The number of para-hydroxylation sites is 1. The van der Waals surface area contributed by atoms with Crippen molar-refractivity contribution in [3.8, 4) is 5.69 Å². The molecule has 1 heterocycles. The van der Waals surface area contributed by atoms with Gasteiger partial charge in [0.15, 0.2) is 0 Å². The van der Waals surface area contributed by atoms with Crippen LogP contribution in [0.5, 0.6) is 0 Å². The lowest BCUT2D eigenvalue weighted by atomic mass is 10.0. The van der Waals surface area contributed by atoms with Crippen molar-refractivity contribution in [3.05, 3.63) is 83.2 Å². The monoisotopic (exact) mass is 427 g/mol. The molecule has 3 rings (SSSR count). The smallest absolute Gasteiger partial charge is 0.337 e. The van der Waals surface area contributed by atoms with E-state index in [9.17, 15) is 31.1 Å². The Balaban J connectivity index is 1.85. The maximum absolute atomic E-state index is 13.0. The number of aromatic nitrogens is 2. The maximum atomic E-state index is 13.0. The van der Waals surface area contributed by atoms with E-state index >= 15 is 0 Å². The average molecular weight is 427 g/mol. The lowest BCUT2D eigenvalue weighted by Crippen LogP contribution is -2.27. The van der Waals surface area contributed by atoms with Gasteiger partial charge in [0.05, 0.1) is 23.0 Å². The number of nitrogens with zero attached hydrogens (tertiary/aromatic N) is 3. The molecule has 0 bridgehead atoms. The summed E-state index contributed by atoms with van der Waals surface area (Å²) in [6.07, 6.45) is -6.96. The topological polar surface area (TPSA) is 38.1 Å². The van der Waals surface area contributed by atoms with Crippen LogP contribution in [-0.2, 0) is 18.9 Å². The Morgan fingerprint density at radius 2 is 1.53 bits per heavy atom. The highest BCUT2D eigenvalue weighted by molar-refractivity contribution is 5.94. The Morgan fingerprint density at radius 3 is 2.07 bits per heavy atom. The van der Waals surface area contributed by atoms with Crippen LogP contribution in [0, 0.1) is 0 Å². The van der Waals surface area contributed by atoms with Gasteiger partial charge in [-0.3, -0.25) is 4.79 Å². The average Bonchev–Trinajstić information content (AvgIpc) is 3.15. The molecule has 0 unspecified atom stereocenters. The first kappa shape index (κ1) is 21.4. The quantitative estimate of drug-likeness (QED) is 0.538. The van der Waals surface area contributed by atoms with Crippen LogP contribution in [0.2, 0.25) is 0 Å². The molecule has 0 fully saturated rings. The van der Waals surface area contributed by atoms with Gasteiger partial charge in [-0.2, -0.15) is 31.4 Å². The fraction of sp³-hybridized carbons (Fsp3) is 0.200. The van der Waals surface area contributed by atoms with E-state index in [1.54, 1.807) is 35.1 Å². The molecule has 0 aliphatic carbocycles. The van der Waals surface area contributed by atoms with Crippen LogP contribution >= 0.6 is 0 Å². The molecule has 0 aliphatic rings. The zero-order valence-corrected chi connectivity index (χ0v) is 15.5. The standard InChI is InChI=1S/C20H15F6N3O/c1-28(11-13-10-27-29(12-13)17-5-3-2-4-6-17)18(30)14-7-15(19(21,22)23)9-16(8-14)20(24,25)26/h2-10,12H,11H2,1H3. The van der Waals surface area contributed by atoms with E-state index in [-0.39, 0.29) is 12.6 Å². The van der Waals surface area contributed by atoms with Crippen molar-refractivity contribution in [1.29, 1.82) is 0 Å². The largest absolute Gasteiger partial charge is 0.416 e. The molecule has 0 radical (unpaired) electrons. The zero-order chi connectivity index (χ0) is 22.1. The van der Waals surface area contributed by atoms with Gasteiger partial charge in [-0.05, 0) is 30.3 Å². The fourth-order valence-corrected chi connectivity index (χ4v) is 2.81. The molecule has 0 spiro atoms. The van der Waals surface area contributed by atoms with Crippen molar-refractivity contribution in [2.45, 2.75) is 18.9 Å². The second-order valence-corrected chi connectivity index (χ2v) is 6.58. The Kier molecular flexibility index (Phi) is 5.60. The SMILES string of the molecule is CN(Cc1cnn(-c2ccccc2)c1)C(=O)c1cc(C(F)(F)F)cc(C(F)(F)F)c1. The number of carbonyl (C=O) groups excluding carboxylic acids is 1. The number of halogens is 6. The van der Waals surface area contributed by atoms with E-state index in [1.165, 1.54) is 13.2 Å². The van der Waals surface area contributed by atoms with E-state index in [0.717, 1.165) is 10.6 Å². The van der Waals surface area contributed by atoms with Gasteiger partial charge < -0.3 is 4.90 Å². The van der Waals surface area contributed by atoms with E-state index in [0.29, 0.717) is 17.7 Å². The Bertz CT molecular complexity index is 1010. The zero-order valence-electron chi connectivity index (χ0n) is 15.5. The van der Waals surface area contributed by atoms with Gasteiger partial charge in [-0.1, -0.05) is 18.2 Å². The summed E-state index contributed by atoms with van der Waals surface area (Å²) in [6, 6.07) is 9.85. The molecule has 1 aromatic heterocycles.